The predicted molar refractivity (Wildman–Crippen MR) is 62.2 cm³/mol. The minimum absolute atomic E-state index is 0.150. The van der Waals surface area contributed by atoms with Crippen LogP contribution in [0.25, 0.3) is 6.08 Å². The van der Waals surface area contributed by atoms with Crippen LogP contribution < -0.4 is 5.32 Å². The predicted octanol–water partition coefficient (Wildman–Crippen LogP) is 2.05. The number of carboxylic acids is 1. The maximum Gasteiger partial charge on any atom is 0.328 e. The molecular formula is C12H13NO3. The first kappa shape index (κ1) is 12.0. The maximum atomic E-state index is 10.9. The SMILES string of the molecule is CC(=O)Nc1cccc(C=CC(=O)O)c1C. The van der Waals surface area contributed by atoms with E-state index in [0.717, 1.165) is 17.2 Å². The van der Waals surface area contributed by atoms with E-state index in [0.29, 0.717) is 5.69 Å². The van der Waals surface area contributed by atoms with Crippen LogP contribution in [-0.2, 0) is 9.59 Å². The number of hydrogen-bond donors (Lipinski definition) is 2. The monoisotopic (exact) mass is 219 g/mol. The van der Waals surface area contributed by atoms with Gasteiger partial charge in [-0.2, -0.15) is 0 Å². The van der Waals surface area contributed by atoms with Crippen molar-refractivity contribution >= 4 is 23.6 Å². The number of aliphatic carboxylic acids is 1. The minimum atomic E-state index is -0.996. The Bertz CT molecular complexity index is 450. The van der Waals surface area contributed by atoms with Gasteiger partial charge in [0.05, 0.1) is 0 Å². The van der Waals surface area contributed by atoms with Crippen LogP contribution in [0.2, 0.25) is 0 Å². The summed E-state index contributed by atoms with van der Waals surface area (Å²) in [5, 5.41) is 11.2. The van der Waals surface area contributed by atoms with Gasteiger partial charge in [-0.15, -0.1) is 0 Å². The van der Waals surface area contributed by atoms with Crippen molar-refractivity contribution < 1.29 is 14.7 Å². The fourth-order valence-electron chi connectivity index (χ4n) is 1.32. The van der Waals surface area contributed by atoms with Gasteiger partial charge in [0.25, 0.3) is 0 Å². The lowest BCUT2D eigenvalue weighted by Crippen LogP contribution is -2.07. The summed E-state index contributed by atoms with van der Waals surface area (Å²) >= 11 is 0. The molecule has 0 aliphatic rings. The number of anilines is 1. The van der Waals surface area contributed by atoms with E-state index in [1.165, 1.54) is 13.0 Å². The minimum Gasteiger partial charge on any atom is -0.478 e. The van der Waals surface area contributed by atoms with Gasteiger partial charge in [0.15, 0.2) is 0 Å². The Morgan fingerprint density at radius 1 is 1.38 bits per heavy atom. The van der Waals surface area contributed by atoms with Crippen LogP contribution in [0.5, 0.6) is 0 Å². The van der Waals surface area contributed by atoms with Crippen LogP contribution in [-0.4, -0.2) is 17.0 Å². The van der Waals surface area contributed by atoms with Crippen LogP contribution >= 0.6 is 0 Å². The first-order chi connectivity index (χ1) is 7.50. The number of carbonyl (C=O) groups excluding carboxylic acids is 1. The molecule has 4 nitrogen and oxygen atoms in total. The standard InChI is InChI=1S/C12H13NO3/c1-8-10(6-7-12(15)16)4-3-5-11(8)13-9(2)14/h3-7H,1-2H3,(H,13,14)(H,15,16). The number of carbonyl (C=O) groups is 2. The zero-order valence-electron chi connectivity index (χ0n) is 9.15. The number of nitrogens with one attached hydrogen (secondary N) is 1. The summed E-state index contributed by atoms with van der Waals surface area (Å²) in [7, 11) is 0. The van der Waals surface area contributed by atoms with Crippen LogP contribution in [0.4, 0.5) is 5.69 Å². The van der Waals surface area contributed by atoms with Gasteiger partial charge in [-0.25, -0.2) is 4.79 Å². The summed E-state index contributed by atoms with van der Waals surface area (Å²) in [6, 6.07) is 5.33. The van der Waals surface area contributed by atoms with Gasteiger partial charge in [-0.3, -0.25) is 4.79 Å². The lowest BCUT2D eigenvalue weighted by atomic mass is 10.1. The Morgan fingerprint density at radius 2 is 2.06 bits per heavy atom. The third-order valence-corrected chi connectivity index (χ3v) is 2.09. The molecule has 0 aliphatic carbocycles. The first-order valence-corrected chi connectivity index (χ1v) is 4.79. The number of rotatable bonds is 3. The van der Waals surface area contributed by atoms with Gasteiger partial charge in [0.1, 0.15) is 0 Å². The second-order valence-corrected chi connectivity index (χ2v) is 3.37. The second-order valence-electron chi connectivity index (χ2n) is 3.37. The lowest BCUT2D eigenvalue weighted by Gasteiger charge is -2.08. The Morgan fingerprint density at radius 3 is 2.62 bits per heavy atom. The average molecular weight is 219 g/mol. The van der Waals surface area contributed by atoms with Crippen molar-refractivity contribution in [1.82, 2.24) is 0 Å². The summed E-state index contributed by atoms with van der Waals surface area (Å²) in [6.45, 7) is 3.26. The molecule has 4 heteroatoms. The average Bonchev–Trinajstić information content (AvgIpc) is 2.18. The summed E-state index contributed by atoms with van der Waals surface area (Å²) in [5.41, 5.74) is 2.31. The van der Waals surface area contributed by atoms with Crippen molar-refractivity contribution in [1.29, 1.82) is 0 Å². The Labute approximate surface area is 93.6 Å². The van der Waals surface area contributed by atoms with Crippen molar-refractivity contribution in [2.24, 2.45) is 0 Å². The van der Waals surface area contributed by atoms with Crippen LogP contribution in [0.1, 0.15) is 18.1 Å². The van der Waals surface area contributed by atoms with E-state index in [-0.39, 0.29) is 5.91 Å². The lowest BCUT2D eigenvalue weighted by molar-refractivity contribution is -0.131. The molecule has 2 N–H and O–H groups in total. The van der Waals surface area contributed by atoms with Crippen molar-refractivity contribution in [3.05, 3.63) is 35.4 Å². The molecule has 1 aromatic carbocycles. The maximum absolute atomic E-state index is 10.9. The highest BCUT2D eigenvalue weighted by atomic mass is 16.4. The van der Waals surface area contributed by atoms with E-state index in [2.05, 4.69) is 5.32 Å². The van der Waals surface area contributed by atoms with Crippen molar-refractivity contribution in [3.63, 3.8) is 0 Å². The van der Waals surface area contributed by atoms with Gasteiger partial charge in [-0.1, -0.05) is 12.1 Å². The van der Waals surface area contributed by atoms with Gasteiger partial charge >= 0.3 is 5.97 Å². The van der Waals surface area contributed by atoms with Gasteiger partial charge in [0, 0.05) is 18.7 Å². The highest BCUT2D eigenvalue weighted by Crippen LogP contribution is 2.19. The van der Waals surface area contributed by atoms with Crippen molar-refractivity contribution in [2.45, 2.75) is 13.8 Å². The van der Waals surface area contributed by atoms with E-state index >= 15 is 0 Å². The molecule has 0 fully saturated rings. The van der Waals surface area contributed by atoms with Crippen molar-refractivity contribution in [2.75, 3.05) is 5.32 Å². The second kappa shape index (κ2) is 5.11. The van der Waals surface area contributed by atoms with E-state index in [9.17, 15) is 9.59 Å². The highest BCUT2D eigenvalue weighted by Gasteiger charge is 2.03. The van der Waals surface area contributed by atoms with Crippen LogP contribution in [0, 0.1) is 6.92 Å². The van der Waals surface area contributed by atoms with Crippen LogP contribution in [0.15, 0.2) is 24.3 Å². The van der Waals surface area contributed by atoms with Gasteiger partial charge in [-0.05, 0) is 30.2 Å². The molecule has 0 aromatic heterocycles. The summed E-state index contributed by atoms with van der Waals surface area (Å²) in [5.74, 6) is -1.15. The van der Waals surface area contributed by atoms with Crippen LogP contribution in [0.3, 0.4) is 0 Å². The van der Waals surface area contributed by atoms with E-state index in [1.807, 2.05) is 6.92 Å². The molecule has 0 unspecified atom stereocenters. The molecule has 0 saturated heterocycles. The quantitative estimate of drug-likeness (QED) is 0.764. The molecule has 1 amide bonds. The molecule has 84 valence electrons. The molecule has 0 saturated carbocycles. The first-order valence-electron chi connectivity index (χ1n) is 4.79. The summed E-state index contributed by atoms with van der Waals surface area (Å²) in [6.07, 6.45) is 2.57. The van der Waals surface area contributed by atoms with E-state index in [4.69, 9.17) is 5.11 Å². The number of carboxylic acid groups (broad SMARTS) is 1. The van der Waals surface area contributed by atoms with E-state index < -0.39 is 5.97 Å². The Kier molecular flexibility index (Phi) is 3.83. The topological polar surface area (TPSA) is 66.4 Å². The van der Waals surface area contributed by atoms with Crippen molar-refractivity contribution in [3.8, 4) is 0 Å². The molecule has 0 bridgehead atoms. The molecular weight excluding hydrogens is 206 g/mol. The molecule has 0 radical (unpaired) electrons. The zero-order valence-corrected chi connectivity index (χ0v) is 9.15. The largest absolute Gasteiger partial charge is 0.478 e. The molecule has 0 atom stereocenters. The number of hydrogen-bond acceptors (Lipinski definition) is 2. The third-order valence-electron chi connectivity index (χ3n) is 2.09. The molecule has 0 spiro atoms. The Hall–Kier alpha value is -2.10. The smallest absolute Gasteiger partial charge is 0.328 e. The number of benzene rings is 1. The third kappa shape index (κ3) is 3.24. The molecule has 0 aliphatic heterocycles. The summed E-state index contributed by atoms with van der Waals surface area (Å²) in [4.78, 5) is 21.3. The van der Waals surface area contributed by atoms with E-state index in [1.54, 1.807) is 18.2 Å². The molecule has 1 rings (SSSR count). The molecule has 0 heterocycles. The number of amides is 1. The highest BCUT2D eigenvalue weighted by molar-refractivity contribution is 5.91. The fourth-order valence-corrected chi connectivity index (χ4v) is 1.32. The van der Waals surface area contributed by atoms with Gasteiger partial charge in [0.2, 0.25) is 5.91 Å². The Balaban J connectivity index is 3.03. The normalized spacial score (nSPS) is 10.4. The molecule has 16 heavy (non-hydrogen) atoms. The summed E-state index contributed by atoms with van der Waals surface area (Å²) < 4.78 is 0. The fraction of sp³-hybridized carbons (Fsp3) is 0.167. The zero-order chi connectivity index (χ0) is 12.1. The molecule has 1 aromatic rings. The van der Waals surface area contributed by atoms with Gasteiger partial charge < -0.3 is 10.4 Å².